The molecule has 0 heterocycles. The normalized spacial score (nSPS) is 10.0. The summed E-state index contributed by atoms with van der Waals surface area (Å²) >= 11 is 15.1. The number of hydrogen-bond donors (Lipinski definition) is 2. The van der Waals surface area contributed by atoms with E-state index in [1.165, 1.54) is 6.07 Å². The lowest BCUT2D eigenvalue weighted by Crippen LogP contribution is -2.45. The highest BCUT2D eigenvalue weighted by Crippen LogP contribution is 2.35. The molecule has 2 amide bonds. The van der Waals surface area contributed by atoms with Gasteiger partial charge in [-0.1, -0.05) is 41.4 Å². The first-order valence-corrected chi connectivity index (χ1v) is 8.53. The third-order valence-electron chi connectivity index (χ3n) is 2.77. The maximum atomic E-state index is 11.7. The van der Waals surface area contributed by atoms with E-state index in [-0.39, 0.29) is 24.0 Å². The van der Waals surface area contributed by atoms with Crippen molar-refractivity contribution in [3.8, 4) is 11.5 Å². The highest BCUT2D eigenvalue weighted by molar-refractivity contribution is 9.10. The fourth-order valence-electron chi connectivity index (χ4n) is 1.68. The quantitative estimate of drug-likeness (QED) is 0.665. The van der Waals surface area contributed by atoms with Gasteiger partial charge in [-0.25, -0.2) is 0 Å². The Hall–Kier alpha value is -1.96. The Morgan fingerprint density at radius 3 is 2.16 bits per heavy atom. The number of carbonyl (C=O) groups excluding carboxylic acids is 2. The average Bonchev–Trinajstić information content (AvgIpc) is 2.58. The maximum Gasteiger partial charge on any atom is 0.276 e. The van der Waals surface area contributed by atoms with Gasteiger partial charge in [-0.15, -0.1) is 0 Å². The second-order valence-electron chi connectivity index (χ2n) is 4.69. The summed E-state index contributed by atoms with van der Waals surface area (Å²) in [6.45, 7) is -0.584. The number of hydrazine groups is 1. The monoisotopic (exact) mass is 446 g/mol. The zero-order valence-electron chi connectivity index (χ0n) is 12.7. The second-order valence-corrected chi connectivity index (χ2v) is 6.38. The number of nitrogens with one attached hydrogen (secondary N) is 2. The van der Waals surface area contributed by atoms with Crippen LogP contribution in [-0.2, 0) is 9.59 Å². The summed E-state index contributed by atoms with van der Waals surface area (Å²) in [6, 6.07) is 11.9. The Morgan fingerprint density at radius 2 is 1.56 bits per heavy atom. The van der Waals surface area contributed by atoms with Gasteiger partial charge in [0.15, 0.2) is 19.0 Å². The summed E-state index contributed by atoms with van der Waals surface area (Å²) < 4.78 is 11.1. The van der Waals surface area contributed by atoms with Crippen molar-refractivity contribution in [3.05, 3.63) is 57.0 Å². The predicted octanol–water partition coefficient (Wildman–Crippen LogP) is 3.36. The lowest BCUT2D eigenvalue weighted by atomic mass is 10.3. The van der Waals surface area contributed by atoms with Crippen LogP contribution in [0.4, 0.5) is 0 Å². The van der Waals surface area contributed by atoms with Crippen LogP contribution in [0.1, 0.15) is 0 Å². The number of hydrogen-bond acceptors (Lipinski definition) is 4. The lowest BCUT2D eigenvalue weighted by Gasteiger charge is -2.11. The minimum Gasteiger partial charge on any atom is -0.484 e. The summed E-state index contributed by atoms with van der Waals surface area (Å²) in [5.74, 6) is -0.247. The fraction of sp³-hybridized carbons (Fsp3) is 0.125. The van der Waals surface area contributed by atoms with Gasteiger partial charge in [0.05, 0.1) is 9.50 Å². The molecule has 0 fully saturated rings. The van der Waals surface area contributed by atoms with E-state index in [0.29, 0.717) is 15.2 Å². The zero-order chi connectivity index (χ0) is 18.2. The summed E-state index contributed by atoms with van der Waals surface area (Å²) in [5.41, 5.74) is 4.43. The Bertz CT molecular complexity index is 736. The zero-order valence-corrected chi connectivity index (χ0v) is 15.8. The van der Waals surface area contributed by atoms with E-state index in [1.807, 2.05) is 6.07 Å². The van der Waals surface area contributed by atoms with E-state index < -0.39 is 11.8 Å². The molecule has 0 saturated carbocycles. The predicted molar refractivity (Wildman–Crippen MR) is 97.9 cm³/mol. The van der Waals surface area contributed by atoms with Gasteiger partial charge in [0, 0.05) is 5.02 Å². The molecule has 2 aromatic rings. The molecule has 2 aromatic carbocycles. The molecule has 6 nitrogen and oxygen atoms in total. The second kappa shape index (κ2) is 9.50. The molecule has 0 unspecified atom stereocenters. The largest absolute Gasteiger partial charge is 0.484 e. The topological polar surface area (TPSA) is 76.7 Å². The van der Waals surface area contributed by atoms with E-state index in [9.17, 15) is 9.59 Å². The molecule has 0 saturated heterocycles. The number of para-hydroxylation sites is 1. The maximum absolute atomic E-state index is 11.7. The van der Waals surface area contributed by atoms with Crippen molar-refractivity contribution >= 4 is 50.9 Å². The highest BCUT2D eigenvalue weighted by atomic mass is 79.9. The van der Waals surface area contributed by atoms with Crippen LogP contribution in [0, 0.1) is 0 Å². The molecule has 0 aliphatic heterocycles. The van der Waals surface area contributed by atoms with Gasteiger partial charge in [0.25, 0.3) is 11.8 Å². The number of benzene rings is 2. The van der Waals surface area contributed by atoms with Gasteiger partial charge in [-0.05, 0) is 40.2 Å². The Kier molecular flexibility index (Phi) is 7.36. The molecule has 2 N–H and O–H groups in total. The minimum atomic E-state index is -0.564. The van der Waals surface area contributed by atoms with E-state index in [2.05, 4.69) is 26.8 Å². The molecular formula is C16H13BrCl2N2O4. The Balaban J connectivity index is 1.73. The van der Waals surface area contributed by atoms with Crippen LogP contribution in [-0.4, -0.2) is 25.0 Å². The van der Waals surface area contributed by atoms with Gasteiger partial charge in [-0.2, -0.15) is 0 Å². The Morgan fingerprint density at radius 1 is 0.960 bits per heavy atom. The first-order chi connectivity index (χ1) is 12.0. The molecule has 0 radical (unpaired) electrons. The molecule has 0 spiro atoms. The summed E-state index contributed by atoms with van der Waals surface area (Å²) in [6.07, 6.45) is 0. The lowest BCUT2D eigenvalue weighted by molar-refractivity contribution is -0.131. The van der Waals surface area contributed by atoms with Crippen molar-refractivity contribution in [1.82, 2.24) is 10.9 Å². The van der Waals surface area contributed by atoms with Gasteiger partial charge in [0.2, 0.25) is 0 Å². The van der Waals surface area contributed by atoms with Crippen LogP contribution in [0.3, 0.4) is 0 Å². The molecule has 0 bridgehead atoms. The molecular weight excluding hydrogens is 435 g/mol. The van der Waals surface area contributed by atoms with E-state index in [4.69, 9.17) is 32.7 Å². The smallest absolute Gasteiger partial charge is 0.276 e. The summed E-state index contributed by atoms with van der Waals surface area (Å²) in [5, 5.41) is 0.687. The summed E-state index contributed by atoms with van der Waals surface area (Å²) in [7, 11) is 0. The SMILES string of the molecule is O=C(COc1ccccc1)NNC(=O)COc1c(Cl)cc(Cl)cc1Br. The van der Waals surface area contributed by atoms with Crippen molar-refractivity contribution in [2.24, 2.45) is 0 Å². The Labute approximate surface area is 162 Å². The number of carbonyl (C=O) groups is 2. The molecule has 0 aliphatic rings. The number of rotatable bonds is 6. The third-order valence-corrected chi connectivity index (χ3v) is 3.85. The van der Waals surface area contributed by atoms with Crippen molar-refractivity contribution < 1.29 is 19.1 Å². The van der Waals surface area contributed by atoms with Crippen LogP contribution in [0.15, 0.2) is 46.9 Å². The number of ether oxygens (including phenoxy) is 2. The molecule has 9 heteroatoms. The van der Waals surface area contributed by atoms with Gasteiger partial charge >= 0.3 is 0 Å². The highest BCUT2D eigenvalue weighted by Gasteiger charge is 2.12. The van der Waals surface area contributed by atoms with Crippen LogP contribution in [0.5, 0.6) is 11.5 Å². The average molecular weight is 448 g/mol. The van der Waals surface area contributed by atoms with Crippen molar-refractivity contribution in [3.63, 3.8) is 0 Å². The fourth-order valence-corrected chi connectivity index (χ4v) is 3.05. The molecule has 25 heavy (non-hydrogen) atoms. The van der Waals surface area contributed by atoms with Crippen molar-refractivity contribution in [2.75, 3.05) is 13.2 Å². The molecule has 2 rings (SSSR count). The standard InChI is InChI=1S/C16H13BrCl2N2O4/c17-12-6-10(18)7-13(19)16(12)25-9-15(23)21-20-14(22)8-24-11-4-2-1-3-5-11/h1-7H,8-9H2,(H,20,22)(H,21,23). The molecule has 0 aliphatic carbocycles. The summed E-state index contributed by atoms with van der Waals surface area (Å²) in [4.78, 5) is 23.3. The van der Waals surface area contributed by atoms with Crippen LogP contribution >= 0.6 is 39.1 Å². The van der Waals surface area contributed by atoms with Crippen LogP contribution in [0.25, 0.3) is 0 Å². The first-order valence-electron chi connectivity index (χ1n) is 6.98. The minimum absolute atomic E-state index is 0.236. The van der Waals surface area contributed by atoms with Crippen LogP contribution in [0.2, 0.25) is 10.0 Å². The first kappa shape index (κ1) is 19.4. The number of halogens is 3. The van der Waals surface area contributed by atoms with Gasteiger partial charge in [0.1, 0.15) is 5.75 Å². The number of amides is 2. The van der Waals surface area contributed by atoms with E-state index in [1.54, 1.807) is 30.3 Å². The van der Waals surface area contributed by atoms with Gasteiger partial charge in [-0.3, -0.25) is 20.4 Å². The van der Waals surface area contributed by atoms with Crippen molar-refractivity contribution in [1.29, 1.82) is 0 Å². The third kappa shape index (κ3) is 6.45. The van der Waals surface area contributed by atoms with E-state index >= 15 is 0 Å². The van der Waals surface area contributed by atoms with E-state index in [0.717, 1.165) is 0 Å². The molecule has 132 valence electrons. The molecule has 0 atom stereocenters. The van der Waals surface area contributed by atoms with Gasteiger partial charge < -0.3 is 9.47 Å². The van der Waals surface area contributed by atoms with Crippen molar-refractivity contribution in [2.45, 2.75) is 0 Å². The molecule has 0 aromatic heterocycles. The van der Waals surface area contributed by atoms with Crippen LogP contribution < -0.4 is 20.3 Å².